The number of benzene rings is 3. The van der Waals surface area contributed by atoms with Crippen LogP contribution in [0.4, 0.5) is 11.5 Å². The highest BCUT2D eigenvalue weighted by Gasteiger charge is 2.27. The maximum Gasteiger partial charge on any atom is 0.261 e. The normalized spacial score (nSPS) is 12.2. The summed E-state index contributed by atoms with van der Waals surface area (Å²) in [6.45, 7) is 0.137. The Balaban J connectivity index is 1.56. The van der Waals surface area contributed by atoms with Crippen LogP contribution in [-0.4, -0.2) is 41.5 Å². The number of ether oxygens (including phenoxy) is 4. The Kier molecular flexibility index (Phi) is 4.99. The van der Waals surface area contributed by atoms with Crippen LogP contribution in [0.5, 0.6) is 23.0 Å². The summed E-state index contributed by atoms with van der Waals surface area (Å²) < 4.78 is 23.5. The number of amides is 1. The second-order valence-corrected chi connectivity index (χ2v) is 8.04. The second-order valence-electron chi connectivity index (χ2n) is 8.04. The zero-order valence-electron chi connectivity index (χ0n) is 19.4. The molecular weight excluding hydrogens is 462 g/mol. The van der Waals surface area contributed by atoms with Crippen LogP contribution in [0.1, 0.15) is 10.4 Å². The van der Waals surface area contributed by atoms with Crippen LogP contribution >= 0.6 is 0 Å². The second kappa shape index (κ2) is 8.35. The monoisotopic (exact) mass is 483 g/mol. The first-order valence-electron chi connectivity index (χ1n) is 11.1. The molecule has 180 valence electrons. The minimum absolute atomic E-state index is 0.137. The van der Waals surface area contributed by atoms with E-state index < -0.39 is 5.91 Å². The molecule has 0 aliphatic carbocycles. The predicted octanol–water partition coefficient (Wildman–Crippen LogP) is 4.15. The van der Waals surface area contributed by atoms with Gasteiger partial charge in [-0.2, -0.15) is 0 Å². The molecule has 6 rings (SSSR count). The van der Waals surface area contributed by atoms with Crippen molar-refractivity contribution < 1.29 is 23.7 Å². The number of hydrogen-bond acceptors (Lipinski definition) is 8. The van der Waals surface area contributed by atoms with Gasteiger partial charge in [-0.3, -0.25) is 9.36 Å². The van der Waals surface area contributed by atoms with Crippen LogP contribution in [0.3, 0.4) is 0 Å². The third kappa shape index (κ3) is 3.38. The zero-order valence-corrected chi connectivity index (χ0v) is 19.4. The van der Waals surface area contributed by atoms with Crippen LogP contribution in [0.2, 0.25) is 0 Å². The highest BCUT2D eigenvalue weighted by Crippen LogP contribution is 2.38. The molecule has 3 N–H and O–H groups in total. The lowest BCUT2D eigenvalue weighted by Gasteiger charge is -2.14. The number of anilines is 2. The van der Waals surface area contributed by atoms with E-state index in [4.69, 9.17) is 34.6 Å². The van der Waals surface area contributed by atoms with Crippen molar-refractivity contribution in [3.05, 3.63) is 66.2 Å². The Hall–Kier alpha value is -4.99. The predicted molar refractivity (Wildman–Crippen MR) is 134 cm³/mol. The molecule has 0 fully saturated rings. The molecule has 10 heteroatoms. The van der Waals surface area contributed by atoms with Gasteiger partial charge in [0.05, 0.1) is 30.9 Å². The fourth-order valence-corrected chi connectivity index (χ4v) is 4.27. The van der Waals surface area contributed by atoms with E-state index in [2.05, 4.69) is 5.32 Å². The number of methoxy groups -OCH3 is 2. The average Bonchev–Trinajstić information content (AvgIpc) is 3.47. The Morgan fingerprint density at radius 1 is 0.972 bits per heavy atom. The Bertz CT molecular complexity index is 1660. The zero-order chi connectivity index (χ0) is 24.8. The van der Waals surface area contributed by atoms with Gasteiger partial charge in [-0.25, -0.2) is 9.97 Å². The first-order chi connectivity index (χ1) is 17.6. The fourth-order valence-electron chi connectivity index (χ4n) is 4.27. The van der Waals surface area contributed by atoms with Gasteiger partial charge in [-0.15, -0.1) is 0 Å². The van der Waals surface area contributed by atoms with Crippen LogP contribution in [0.25, 0.3) is 27.9 Å². The molecule has 36 heavy (non-hydrogen) atoms. The summed E-state index contributed by atoms with van der Waals surface area (Å²) in [7, 11) is 3.13. The molecule has 2 aromatic heterocycles. The van der Waals surface area contributed by atoms with Gasteiger partial charge < -0.3 is 30.0 Å². The van der Waals surface area contributed by atoms with Crippen LogP contribution in [0, 0.1) is 0 Å². The quantitative estimate of drug-likeness (QED) is 0.382. The van der Waals surface area contributed by atoms with E-state index in [1.54, 1.807) is 55.2 Å². The highest BCUT2D eigenvalue weighted by molar-refractivity contribution is 6.16. The molecule has 0 bridgehead atoms. The van der Waals surface area contributed by atoms with Gasteiger partial charge >= 0.3 is 0 Å². The van der Waals surface area contributed by atoms with Gasteiger partial charge in [-0.1, -0.05) is 12.1 Å². The van der Waals surface area contributed by atoms with Crippen molar-refractivity contribution in [2.24, 2.45) is 0 Å². The van der Waals surface area contributed by atoms with Crippen molar-refractivity contribution in [2.75, 3.05) is 32.1 Å². The van der Waals surface area contributed by atoms with Crippen molar-refractivity contribution >= 4 is 39.6 Å². The summed E-state index contributed by atoms with van der Waals surface area (Å²) >= 11 is 0. The maximum atomic E-state index is 13.6. The number of nitrogens with one attached hydrogen (secondary N) is 1. The Labute approximate surface area is 205 Å². The first-order valence-corrected chi connectivity index (χ1v) is 11.1. The summed E-state index contributed by atoms with van der Waals surface area (Å²) in [5, 5.41) is 2.89. The lowest BCUT2D eigenvalue weighted by atomic mass is 10.2. The Morgan fingerprint density at radius 2 is 1.75 bits per heavy atom. The molecule has 0 radical (unpaired) electrons. The molecule has 3 heterocycles. The summed E-state index contributed by atoms with van der Waals surface area (Å²) in [5.74, 6) is 2.00. The number of aromatic nitrogens is 3. The molecular formula is C26H21N5O5. The van der Waals surface area contributed by atoms with Gasteiger partial charge in [0.15, 0.2) is 17.1 Å². The topological polar surface area (TPSA) is 123 Å². The summed E-state index contributed by atoms with van der Waals surface area (Å²) in [5.41, 5.74) is 9.99. The number of para-hydroxylation sites is 2. The molecule has 1 amide bonds. The van der Waals surface area contributed by atoms with Crippen molar-refractivity contribution in [1.82, 2.24) is 14.5 Å². The first kappa shape index (κ1) is 21.5. The van der Waals surface area contributed by atoms with Crippen LogP contribution in [0.15, 0.2) is 60.7 Å². The molecule has 1 aliphatic heterocycles. The lowest BCUT2D eigenvalue weighted by molar-refractivity contribution is 0.102. The third-order valence-electron chi connectivity index (χ3n) is 5.98. The van der Waals surface area contributed by atoms with Gasteiger partial charge in [0.2, 0.25) is 6.79 Å². The van der Waals surface area contributed by atoms with Gasteiger partial charge in [-0.05, 0) is 36.4 Å². The molecule has 3 aromatic carbocycles. The van der Waals surface area contributed by atoms with E-state index in [0.29, 0.717) is 56.6 Å². The fraction of sp³-hybridized carbons (Fsp3) is 0.115. The Morgan fingerprint density at radius 3 is 2.53 bits per heavy atom. The van der Waals surface area contributed by atoms with Crippen molar-refractivity contribution in [3.63, 3.8) is 0 Å². The maximum absolute atomic E-state index is 13.6. The van der Waals surface area contributed by atoms with E-state index in [1.807, 2.05) is 24.3 Å². The number of nitrogens with zero attached hydrogens (tertiary/aromatic N) is 3. The smallest absolute Gasteiger partial charge is 0.261 e. The van der Waals surface area contributed by atoms with Crippen molar-refractivity contribution in [3.8, 4) is 28.7 Å². The molecule has 5 aromatic rings. The van der Waals surface area contributed by atoms with Crippen LogP contribution < -0.4 is 30.0 Å². The van der Waals surface area contributed by atoms with E-state index in [-0.39, 0.29) is 18.2 Å². The van der Waals surface area contributed by atoms with Crippen LogP contribution in [-0.2, 0) is 0 Å². The molecule has 1 aliphatic rings. The molecule has 0 atom stereocenters. The van der Waals surface area contributed by atoms with E-state index in [1.165, 1.54) is 0 Å². The number of carbonyl (C=O) groups excluding carboxylic acids is 1. The summed E-state index contributed by atoms with van der Waals surface area (Å²) in [6, 6.07) is 17.9. The molecule has 0 spiro atoms. The molecule has 0 unspecified atom stereocenters. The summed E-state index contributed by atoms with van der Waals surface area (Å²) in [6.07, 6.45) is 0. The lowest BCUT2D eigenvalue weighted by Crippen LogP contribution is -2.14. The minimum atomic E-state index is -0.443. The van der Waals surface area contributed by atoms with E-state index >= 15 is 0 Å². The standard InChI is InChI=1S/C26H21N5O5/c1-33-15-8-10-19(34-2)18(12-15)31-24(27)22(23-25(31)30-17-6-4-3-5-16(17)29-23)26(32)28-14-7-9-20-21(11-14)36-13-35-20/h3-12H,13,27H2,1-2H3,(H,28,32). The third-order valence-corrected chi connectivity index (χ3v) is 5.98. The molecule has 0 saturated heterocycles. The highest BCUT2D eigenvalue weighted by atomic mass is 16.7. The van der Waals surface area contributed by atoms with Crippen molar-refractivity contribution in [2.45, 2.75) is 0 Å². The number of nitrogens with two attached hydrogens (primary N) is 1. The van der Waals surface area contributed by atoms with Gasteiger partial charge in [0.1, 0.15) is 28.4 Å². The molecule has 0 saturated carbocycles. The number of nitrogen functional groups attached to an aromatic ring is 1. The van der Waals surface area contributed by atoms with E-state index in [9.17, 15) is 4.79 Å². The minimum Gasteiger partial charge on any atom is -0.497 e. The van der Waals surface area contributed by atoms with Gasteiger partial charge in [0.25, 0.3) is 5.91 Å². The number of fused-ring (bicyclic) bond motifs is 3. The number of carbonyl (C=O) groups is 1. The molecule has 10 nitrogen and oxygen atoms in total. The number of rotatable bonds is 5. The summed E-state index contributed by atoms with van der Waals surface area (Å²) in [4.78, 5) is 23.2. The average molecular weight is 483 g/mol. The number of hydrogen-bond donors (Lipinski definition) is 2. The largest absolute Gasteiger partial charge is 0.497 e. The van der Waals surface area contributed by atoms with Gasteiger partial charge in [0, 0.05) is 17.8 Å². The van der Waals surface area contributed by atoms with Crippen molar-refractivity contribution in [1.29, 1.82) is 0 Å². The SMILES string of the molecule is COc1ccc(OC)c(-n2c(N)c(C(=O)Nc3ccc4c(c3)OCO4)c3nc4ccccc4nc32)c1. The van der Waals surface area contributed by atoms with E-state index in [0.717, 1.165) is 0 Å².